The zero-order valence-corrected chi connectivity index (χ0v) is 19.5. The highest BCUT2D eigenvalue weighted by molar-refractivity contribution is 14.0. The van der Waals surface area contributed by atoms with Crippen LogP contribution in [-0.2, 0) is 11.3 Å². The first-order valence-corrected chi connectivity index (χ1v) is 9.92. The van der Waals surface area contributed by atoms with Crippen LogP contribution in [0.25, 0.3) is 0 Å². The second kappa shape index (κ2) is 10.7. The first-order valence-electron chi connectivity index (χ1n) is 9.04. The molecular weight excluding hydrogens is 491 g/mol. The Morgan fingerprint density at radius 2 is 2.18 bits per heavy atom. The molecule has 3 rings (SSSR count). The van der Waals surface area contributed by atoms with Crippen molar-refractivity contribution in [2.24, 2.45) is 4.99 Å². The molecule has 9 heteroatoms. The summed E-state index contributed by atoms with van der Waals surface area (Å²) in [4.78, 5) is 18.4. The summed E-state index contributed by atoms with van der Waals surface area (Å²) in [6.45, 7) is 4.28. The van der Waals surface area contributed by atoms with Gasteiger partial charge in [0, 0.05) is 26.2 Å². The van der Waals surface area contributed by atoms with Crippen LogP contribution in [0.2, 0.25) is 0 Å². The molecule has 7 nitrogen and oxygen atoms in total. The summed E-state index contributed by atoms with van der Waals surface area (Å²) in [6.07, 6.45) is 2.12. The molecule has 2 aromatic rings. The summed E-state index contributed by atoms with van der Waals surface area (Å²) in [6, 6.07) is 6.36. The van der Waals surface area contributed by atoms with Crippen molar-refractivity contribution in [1.82, 2.24) is 10.6 Å². The molecule has 0 aliphatic carbocycles. The van der Waals surface area contributed by atoms with E-state index in [0.717, 1.165) is 31.9 Å². The van der Waals surface area contributed by atoms with E-state index in [-0.39, 0.29) is 29.9 Å². The Hall–Kier alpha value is -1.75. The van der Waals surface area contributed by atoms with Gasteiger partial charge in [0.15, 0.2) is 5.96 Å². The van der Waals surface area contributed by atoms with Crippen LogP contribution in [0, 0.1) is 6.92 Å². The third kappa shape index (κ3) is 5.63. The van der Waals surface area contributed by atoms with E-state index in [0.29, 0.717) is 29.7 Å². The number of guanidine groups is 1. The van der Waals surface area contributed by atoms with Crippen LogP contribution >= 0.6 is 35.3 Å². The van der Waals surface area contributed by atoms with E-state index >= 15 is 0 Å². The van der Waals surface area contributed by atoms with Crippen LogP contribution in [0.15, 0.2) is 33.0 Å². The number of carbonyl (C=O) groups is 1. The first kappa shape index (κ1) is 22.5. The number of ether oxygens (including phenoxy) is 1. The number of furan rings is 1. The molecule has 3 heterocycles. The average molecular weight is 518 g/mol. The van der Waals surface area contributed by atoms with Gasteiger partial charge in [-0.15, -0.1) is 35.3 Å². The third-order valence-corrected chi connectivity index (χ3v) is 5.61. The van der Waals surface area contributed by atoms with Crippen LogP contribution in [0.1, 0.15) is 34.7 Å². The number of hydrogen-bond acceptors (Lipinski definition) is 6. The number of nitrogens with one attached hydrogen (secondary N) is 2. The van der Waals surface area contributed by atoms with Crippen molar-refractivity contribution in [2.45, 2.75) is 32.4 Å². The monoisotopic (exact) mass is 518 g/mol. The minimum absolute atomic E-state index is 0. The number of piperidine rings is 1. The minimum Gasteiger partial charge on any atom is -0.465 e. The number of nitrogens with zero attached hydrogens (tertiary/aromatic N) is 2. The molecule has 1 fully saturated rings. The quantitative estimate of drug-likeness (QED) is 0.274. The Morgan fingerprint density at radius 3 is 2.79 bits per heavy atom. The number of thiophene rings is 1. The predicted octanol–water partition coefficient (Wildman–Crippen LogP) is 3.39. The Balaban J connectivity index is 0.00000280. The van der Waals surface area contributed by atoms with Crippen molar-refractivity contribution in [3.05, 3.63) is 40.7 Å². The largest absolute Gasteiger partial charge is 0.465 e. The standard InChI is InChI=1S/C19H26N4O3S.HI/c1-13-16(18(24)25-3)11-15(26-13)12-21-19(20-2)22-14-6-8-23(9-7-14)17-5-4-10-27-17;/h4-5,10-11,14H,6-9,12H2,1-3H3,(H2,20,21,22);1H. The number of methoxy groups -OCH3 is 1. The van der Waals surface area contributed by atoms with Crippen molar-refractivity contribution < 1.29 is 13.9 Å². The van der Waals surface area contributed by atoms with E-state index in [4.69, 9.17) is 9.15 Å². The van der Waals surface area contributed by atoms with E-state index in [9.17, 15) is 4.79 Å². The average Bonchev–Trinajstić information content (AvgIpc) is 3.35. The van der Waals surface area contributed by atoms with Gasteiger partial charge in [-0.25, -0.2) is 4.79 Å². The number of carbonyl (C=O) groups excluding carboxylic acids is 1. The molecule has 0 spiro atoms. The lowest BCUT2D eigenvalue weighted by atomic mass is 10.1. The molecule has 0 saturated carbocycles. The molecule has 0 bridgehead atoms. The van der Waals surface area contributed by atoms with Crippen molar-refractivity contribution >= 4 is 52.2 Å². The molecule has 1 saturated heterocycles. The molecule has 0 aromatic carbocycles. The summed E-state index contributed by atoms with van der Waals surface area (Å²) in [5, 5.41) is 10.2. The molecule has 0 amide bonds. The number of anilines is 1. The minimum atomic E-state index is -0.387. The maximum Gasteiger partial charge on any atom is 0.341 e. The van der Waals surface area contributed by atoms with Crippen LogP contribution in [-0.4, -0.2) is 45.2 Å². The summed E-state index contributed by atoms with van der Waals surface area (Å²) >= 11 is 1.79. The molecule has 28 heavy (non-hydrogen) atoms. The van der Waals surface area contributed by atoms with Gasteiger partial charge < -0.3 is 24.7 Å². The third-order valence-electron chi connectivity index (χ3n) is 4.68. The van der Waals surface area contributed by atoms with Crippen LogP contribution < -0.4 is 15.5 Å². The van der Waals surface area contributed by atoms with Crippen LogP contribution in [0.5, 0.6) is 0 Å². The lowest BCUT2D eigenvalue weighted by molar-refractivity contribution is 0.0599. The SMILES string of the molecule is CN=C(NCc1cc(C(=O)OC)c(C)o1)NC1CCN(c2cccs2)CC1.I. The summed E-state index contributed by atoms with van der Waals surface area (Å²) in [5.74, 6) is 1.58. The van der Waals surface area contributed by atoms with Gasteiger partial charge in [-0.05, 0) is 43.3 Å². The molecule has 0 radical (unpaired) electrons. The molecule has 1 aliphatic heterocycles. The fraction of sp³-hybridized carbons (Fsp3) is 0.474. The zero-order chi connectivity index (χ0) is 19.2. The number of halogens is 1. The summed E-state index contributed by atoms with van der Waals surface area (Å²) < 4.78 is 10.4. The zero-order valence-electron chi connectivity index (χ0n) is 16.4. The van der Waals surface area contributed by atoms with Gasteiger partial charge in [0.25, 0.3) is 0 Å². The van der Waals surface area contributed by atoms with Crippen molar-refractivity contribution in [1.29, 1.82) is 0 Å². The number of aliphatic imine (C=N–C) groups is 1. The van der Waals surface area contributed by atoms with Gasteiger partial charge in [-0.1, -0.05) is 0 Å². The number of aryl methyl sites for hydroxylation is 1. The number of esters is 1. The molecule has 2 aromatic heterocycles. The van der Waals surface area contributed by atoms with Gasteiger partial charge in [-0.2, -0.15) is 0 Å². The smallest absolute Gasteiger partial charge is 0.341 e. The summed E-state index contributed by atoms with van der Waals surface area (Å²) in [5.41, 5.74) is 0.457. The number of hydrogen-bond donors (Lipinski definition) is 2. The maximum absolute atomic E-state index is 11.7. The fourth-order valence-corrected chi connectivity index (χ4v) is 3.98. The van der Waals surface area contributed by atoms with Gasteiger partial charge >= 0.3 is 5.97 Å². The van der Waals surface area contributed by atoms with Gasteiger partial charge in [0.2, 0.25) is 0 Å². The lowest BCUT2D eigenvalue weighted by Gasteiger charge is -2.33. The topological polar surface area (TPSA) is 79.1 Å². The van der Waals surface area contributed by atoms with Crippen LogP contribution in [0.4, 0.5) is 5.00 Å². The van der Waals surface area contributed by atoms with E-state index in [2.05, 4.69) is 38.0 Å². The van der Waals surface area contributed by atoms with Gasteiger partial charge in [0.1, 0.15) is 17.1 Å². The highest BCUT2D eigenvalue weighted by Gasteiger charge is 2.21. The van der Waals surface area contributed by atoms with Crippen molar-refractivity contribution in [2.75, 3.05) is 32.1 Å². The second-order valence-corrected chi connectivity index (χ2v) is 7.38. The van der Waals surface area contributed by atoms with Crippen molar-refractivity contribution in [3.63, 3.8) is 0 Å². The maximum atomic E-state index is 11.7. The Morgan fingerprint density at radius 1 is 1.43 bits per heavy atom. The van der Waals surface area contributed by atoms with E-state index in [1.54, 1.807) is 31.4 Å². The fourth-order valence-electron chi connectivity index (χ4n) is 3.20. The Labute approximate surface area is 186 Å². The molecule has 2 N–H and O–H groups in total. The molecule has 1 aliphatic rings. The lowest BCUT2D eigenvalue weighted by Crippen LogP contribution is -2.48. The Kier molecular flexibility index (Phi) is 8.61. The molecule has 0 atom stereocenters. The molecular formula is C19H27IN4O3S. The molecule has 154 valence electrons. The number of rotatable bonds is 5. The van der Waals surface area contributed by atoms with Gasteiger partial charge in [-0.3, -0.25) is 4.99 Å². The highest BCUT2D eigenvalue weighted by atomic mass is 127. The van der Waals surface area contributed by atoms with Gasteiger partial charge in [0.05, 0.1) is 18.7 Å². The van der Waals surface area contributed by atoms with Crippen molar-refractivity contribution in [3.8, 4) is 0 Å². The first-order chi connectivity index (χ1) is 13.1. The van der Waals surface area contributed by atoms with E-state index < -0.39 is 0 Å². The van der Waals surface area contributed by atoms with E-state index in [1.807, 2.05) is 0 Å². The highest BCUT2D eigenvalue weighted by Crippen LogP contribution is 2.24. The normalized spacial score (nSPS) is 15.1. The Bertz CT molecular complexity index is 783. The summed E-state index contributed by atoms with van der Waals surface area (Å²) in [7, 11) is 3.12. The van der Waals surface area contributed by atoms with E-state index in [1.165, 1.54) is 12.1 Å². The molecule has 0 unspecified atom stereocenters. The second-order valence-electron chi connectivity index (χ2n) is 6.46. The predicted molar refractivity (Wildman–Crippen MR) is 123 cm³/mol. The van der Waals surface area contributed by atoms with Crippen LogP contribution in [0.3, 0.4) is 0 Å².